The maximum absolute atomic E-state index is 12.3. The largest absolute Gasteiger partial charge is 0.476 e. The highest BCUT2D eigenvalue weighted by Gasteiger charge is 2.20. The normalized spacial score (nSPS) is 10.1. The van der Waals surface area contributed by atoms with Gasteiger partial charge in [-0.05, 0) is 22.0 Å². The minimum absolute atomic E-state index is 0.00676. The lowest BCUT2D eigenvalue weighted by molar-refractivity contribution is 0.0688. The highest BCUT2D eigenvalue weighted by Crippen LogP contribution is 2.25. The number of nitriles is 1. The van der Waals surface area contributed by atoms with Crippen LogP contribution in [0.1, 0.15) is 28.2 Å². The molecule has 4 nitrogen and oxygen atoms in total. The van der Waals surface area contributed by atoms with Crippen molar-refractivity contribution in [2.24, 2.45) is 0 Å². The molecule has 0 saturated carbocycles. The first-order valence-corrected chi connectivity index (χ1v) is 4.38. The average molecular weight is 277 g/mol. The van der Waals surface area contributed by atoms with Crippen LogP contribution in [0.3, 0.4) is 0 Å². The molecule has 0 radical (unpaired) electrons. The number of carboxylic acids is 1. The fourth-order valence-electron chi connectivity index (χ4n) is 0.905. The topological polar surface area (TPSA) is 74.0 Å². The molecule has 0 bridgehead atoms. The first kappa shape index (κ1) is 11.5. The van der Waals surface area contributed by atoms with Crippen LogP contribution >= 0.6 is 15.9 Å². The van der Waals surface area contributed by atoms with Crippen LogP contribution in [0.25, 0.3) is 0 Å². The van der Waals surface area contributed by atoms with Crippen LogP contribution in [0, 0.1) is 11.3 Å². The van der Waals surface area contributed by atoms with Crippen molar-refractivity contribution in [3.05, 3.63) is 27.5 Å². The standard InChI is InChI=1S/C8H3BrF2N2O2/c9-4-1-5(7(10)11)13-6(8(14)15)3(4)2-12/h1,7H,(H,14,15). The number of alkyl halides is 2. The van der Waals surface area contributed by atoms with Gasteiger partial charge >= 0.3 is 5.97 Å². The van der Waals surface area contributed by atoms with Gasteiger partial charge in [-0.15, -0.1) is 0 Å². The van der Waals surface area contributed by atoms with E-state index in [1.54, 1.807) is 6.07 Å². The van der Waals surface area contributed by atoms with Crippen LogP contribution < -0.4 is 0 Å². The van der Waals surface area contributed by atoms with Crippen molar-refractivity contribution in [3.8, 4) is 6.07 Å². The molecule has 0 atom stereocenters. The lowest BCUT2D eigenvalue weighted by atomic mass is 10.2. The second-order valence-electron chi connectivity index (χ2n) is 2.47. The van der Waals surface area contributed by atoms with E-state index in [1.807, 2.05) is 0 Å². The van der Waals surface area contributed by atoms with Gasteiger partial charge < -0.3 is 5.11 Å². The van der Waals surface area contributed by atoms with Crippen molar-refractivity contribution >= 4 is 21.9 Å². The van der Waals surface area contributed by atoms with Gasteiger partial charge in [-0.3, -0.25) is 0 Å². The molecular weight excluding hydrogens is 274 g/mol. The van der Waals surface area contributed by atoms with Crippen molar-refractivity contribution in [2.75, 3.05) is 0 Å². The summed E-state index contributed by atoms with van der Waals surface area (Å²) in [7, 11) is 0. The molecule has 0 aliphatic heterocycles. The van der Waals surface area contributed by atoms with E-state index in [-0.39, 0.29) is 10.0 Å². The van der Waals surface area contributed by atoms with Crippen molar-refractivity contribution in [1.29, 1.82) is 5.26 Å². The number of hydrogen-bond donors (Lipinski definition) is 1. The summed E-state index contributed by atoms with van der Waals surface area (Å²) in [6.07, 6.45) is -2.88. The zero-order valence-corrected chi connectivity index (χ0v) is 8.62. The van der Waals surface area contributed by atoms with Crippen LogP contribution in [0.2, 0.25) is 0 Å². The molecule has 0 saturated heterocycles. The molecule has 1 aromatic heterocycles. The summed E-state index contributed by atoms with van der Waals surface area (Å²) in [5.41, 5.74) is -1.63. The monoisotopic (exact) mass is 276 g/mol. The van der Waals surface area contributed by atoms with Gasteiger partial charge in [0, 0.05) is 4.47 Å². The van der Waals surface area contributed by atoms with Gasteiger partial charge in [0.15, 0.2) is 5.69 Å². The number of aromatic nitrogens is 1. The summed E-state index contributed by atoms with van der Waals surface area (Å²) >= 11 is 2.84. The number of aromatic carboxylic acids is 1. The molecule has 0 spiro atoms. The predicted octanol–water partition coefficient (Wildman–Crippen LogP) is 2.35. The van der Waals surface area contributed by atoms with Crippen molar-refractivity contribution in [1.82, 2.24) is 4.98 Å². The fourth-order valence-corrected chi connectivity index (χ4v) is 1.42. The van der Waals surface area contributed by atoms with Crippen LogP contribution in [-0.2, 0) is 0 Å². The van der Waals surface area contributed by atoms with E-state index >= 15 is 0 Å². The average Bonchev–Trinajstić information content (AvgIpc) is 2.16. The summed E-state index contributed by atoms with van der Waals surface area (Å²) in [6.45, 7) is 0. The Labute approximate surface area is 91.3 Å². The summed E-state index contributed by atoms with van der Waals surface area (Å²) in [5.74, 6) is -1.52. The number of pyridine rings is 1. The second kappa shape index (κ2) is 4.31. The maximum atomic E-state index is 12.3. The summed E-state index contributed by atoms with van der Waals surface area (Å²) in [6, 6.07) is 2.50. The van der Waals surface area contributed by atoms with Gasteiger partial charge in [-0.2, -0.15) is 5.26 Å². The van der Waals surface area contributed by atoms with E-state index in [9.17, 15) is 13.6 Å². The molecule has 7 heteroatoms. The number of rotatable bonds is 2. The van der Waals surface area contributed by atoms with Crippen LogP contribution in [0.5, 0.6) is 0 Å². The Balaban J connectivity index is 3.47. The number of hydrogen-bond acceptors (Lipinski definition) is 3. The van der Waals surface area contributed by atoms with Crippen molar-refractivity contribution in [3.63, 3.8) is 0 Å². The predicted molar refractivity (Wildman–Crippen MR) is 48.6 cm³/mol. The smallest absolute Gasteiger partial charge is 0.355 e. The van der Waals surface area contributed by atoms with Gasteiger partial charge in [0.25, 0.3) is 6.43 Å². The molecule has 0 aliphatic carbocycles. The third-order valence-electron chi connectivity index (χ3n) is 1.53. The summed E-state index contributed by atoms with van der Waals surface area (Å²) in [4.78, 5) is 13.8. The van der Waals surface area contributed by atoms with Crippen LogP contribution in [0.15, 0.2) is 10.5 Å². The molecule has 78 valence electrons. The first-order valence-electron chi connectivity index (χ1n) is 3.59. The molecule has 0 unspecified atom stereocenters. The van der Waals surface area contributed by atoms with Gasteiger partial charge in [0.2, 0.25) is 0 Å². The molecule has 1 heterocycles. The zero-order valence-electron chi connectivity index (χ0n) is 7.04. The Morgan fingerprint density at radius 2 is 2.27 bits per heavy atom. The lowest BCUT2D eigenvalue weighted by Crippen LogP contribution is -2.07. The molecular formula is C8H3BrF2N2O2. The first-order chi connectivity index (χ1) is 6.97. The molecule has 1 aromatic rings. The fraction of sp³-hybridized carbons (Fsp3) is 0.125. The minimum atomic E-state index is -2.88. The van der Waals surface area contributed by atoms with E-state index in [4.69, 9.17) is 10.4 Å². The summed E-state index contributed by atoms with van der Waals surface area (Å²) in [5, 5.41) is 17.3. The van der Waals surface area contributed by atoms with E-state index in [1.165, 1.54) is 0 Å². The Morgan fingerprint density at radius 1 is 1.67 bits per heavy atom. The molecule has 0 fully saturated rings. The zero-order chi connectivity index (χ0) is 11.6. The quantitative estimate of drug-likeness (QED) is 0.900. The van der Waals surface area contributed by atoms with Crippen LogP contribution in [-0.4, -0.2) is 16.1 Å². The highest BCUT2D eigenvalue weighted by atomic mass is 79.9. The molecule has 1 rings (SSSR count). The lowest BCUT2D eigenvalue weighted by Gasteiger charge is -2.04. The number of carbonyl (C=O) groups is 1. The van der Waals surface area contributed by atoms with E-state index in [0.717, 1.165) is 6.07 Å². The van der Waals surface area contributed by atoms with Gasteiger partial charge in [-0.1, -0.05) is 0 Å². The number of nitrogens with zero attached hydrogens (tertiary/aromatic N) is 2. The molecule has 0 aliphatic rings. The number of carboxylic acid groups (broad SMARTS) is 1. The van der Waals surface area contributed by atoms with E-state index in [0.29, 0.717) is 0 Å². The van der Waals surface area contributed by atoms with E-state index < -0.39 is 23.8 Å². The Hall–Kier alpha value is -1.55. The maximum Gasteiger partial charge on any atom is 0.355 e. The third-order valence-corrected chi connectivity index (χ3v) is 2.15. The Morgan fingerprint density at radius 3 is 2.67 bits per heavy atom. The summed E-state index contributed by atoms with van der Waals surface area (Å²) < 4.78 is 24.5. The minimum Gasteiger partial charge on any atom is -0.476 e. The Kier molecular flexibility index (Phi) is 3.31. The number of halogens is 3. The molecule has 0 aromatic carbocycles. The molecule has 15 heavy (non-hydrogen) atoms. The van der Waals surface area contributed by atoms with Gasteiger partial charge in [-0.25, -0.2) is 18.6 Å². The van der Waals surface area contributed by atoms with Crippen molar-refractivity contribution in [2.45, 2.75) is 6.43 Å². The van der Waals surface area contributed by atoms with E-state index in [2.05, 4.69) is 20.9 Å². The second-order valence-corrected chi connectivity index (χ2v) is 3.32. The molecule has 1 N–H and O–H groups in total. The third kappa shape index (κ3) is 2.27. The Bertz CT molecular complexity index is 457. The highest BCUT2D eigenvalue weighted by molar-refractivity contribution is 9.10. The van der Waals surface area contributed by atoms with Crippen molar-refractivity contribution < 1.29 is 18.7 Å². The van der Waals surface area contributed by atoms with Gasteiger partial charge in [0.1, 0.15) is 11.8 Å². The molecule has 0 amide bonds. The van der Waals surface area contributed by atoms with Gasteiger partial charge in [0.05, 0.1) is 5.56 Å². The van der Waals surface area contributed by atoms with Crippen LogP contribution in [0.4, 0.5) is 8.78 Å². The SMILES string of the molecule is N#Cc1c(Br)cc(C(F)F)nc1C(=O)O.